The normalized spacial score (nSPS) is 10.8. The van der Waals surface area contributed by atoms with E-state index in [1.165, 1.54) is 6.07 Å². The van der Waals surface area contributed by atoms with Gasteiger partial charge in [0.1, 0.15) is 11.3 Å². The number of ether oxygens (including phenoxy) is 1. The van der Waals surface area contributed by atoms with Crippen LogP contribution in [0.3, 0.4) is 0 Å². The standard InChI is InChI=1S/C15H11ClN2O3/c1-8-5-13(19)21-12-6-10(3-4-11(8)12)20-14-9(2)7-17-15(16)18-14/h3-7H,1-2H3. The van der Waals surface area contributed by atoms with Gasteiger partial charge in [-0.25, -0.2) is 9.78 Å². The van der Waals surface area contributed by atoms with E-state index in [1.54, 1.807) is 18.3 Å². The molecule has 0 aliphatic carbocycles. The van der Waals surface area contributed by atoms with Gasteiger partial charge in [-0.15, -0.1) is 0 Å². The van der Waals surface area contributed by atoms with Crippen LogP contribution in [0.2, 0.25) is 5.28 Å². The third-order valence-electron chi connectivity index (χ3n) is 3.03. The van der Waals surface area contributed by atoms with Crippen LogP contribution in [-0.2, 0) is 0 Å². The van der Waals surface area contributed by atoms with Crippen molar-refractivity contribution < 1.29 is 9.15 Å². The third kappa shape index (κ3) is 2.73. The third-order valence-corrected chi connectivity index (χ3v) is 3.22. The Bertz CT molecular complexity index is 890. The summed E-state index contributed by atoms with van der Waals surface area (Å²) in [6.07, 6.45) is 1.58. The maximum atomic E-state index is 11.4. The van der Waals surface area contributed by atoms with Crippen molar-refractivity contribution in [2.24, 2.45) is 0 Å². The molecule has 2 heterocycles. The Balaban J connectivity index is 2.05. The zero-order chi connectivity index (χ0) is 15.0. The Morgan fingerprint density at radius 2 is 2.00 bits per heavy atom. The molecule has 0 amide bonds. The lowest BCUT2D eigenvalue weighted by Gasteiger charge is -2.08. The molecule has 106 valence electrons. The topological polar surface area (TPSA) is 65.2 Å². The van der Waals surface area contributed by atoms with Crippen molar-refractivity contribution in [1.82, 2.24) is 9.97 Å². The van der Waals surface area contributed by atoms with E-state index in [9.17, 15) is 4.79 Å². The molecule has 0 bridgehead atoms. The molecule has 0 spiro atoms. The van der Waals surface area contributed by atoms with Crippen molar-refractivity contribution in [3.8, 4) is 11.6 Å². The molecule has 0 radical (unpaired) electrons. The van der Waals surface area contributed by atoms with Gasteiger partial charge in [0.15, 0.2) is 0 Å². The van der Waals surface area contributed by atoms with Crippen LogP contribution in [0.5, 0.6) is 11.6 Å². The van der Waals surface area contributed by atoms with Crippen molar-refractivity contribution in [2.45, 2.75) is 13.8 Å². The molecule has 6 heteroatoms. The first-order valence-corrected chi connectivity index (χ1v) is 6.62. The van der Waals surface area contributed by atoms with E-state index >= 15 is 0 Å². The Morgan fingerprint density at radius 3 is 2.81 bits per heavy atom. The maximum absolute atomic E-state index is 11.4. The van der Waals surface area contributed by atoms with Crippen LogP contribution in [0.4, 0.5) is 0 Å². The Morgan fingerprint density at radius 1 is 1.19 bits per heavy atom. The van der Waals surface area contributed by atoms with Crippen LogP contribution in [0.25, 0.3) is 11.0 Å². The van der Waals surface area contributed by atoms with Gasteiger partial charge in [-0.3, -0.25) is 0 Å². The van der Waals surface area contributed by atoms with E-state index in [-0.39, 0.29) is 5.28 Å². The van der Waals surface area contributed by atoms with Gasteiger partial charge >= 0.3 is 5.63 Å². The number of rotatable bonds is 2. The fourth-order valence-corrected chi connectivity index (χ4v) is 2.12. The number of aromatic nitrogens is 2. The second-order valence-electron chi connectivity index (χ2n) is 4.64. The van der Waals surface area contributed by atoms with Crippen molar-refractivity contribution in [2.75, 3.05) is 0 Å². The van der Waals surface area contributed by atoms with Crippen molar-refractivity contribution >= 4 is 22.6 Å². The number of hydrogen-bond donors (Lipinski definition) is 0. The highest BCUT2D eigenvalue weighted by Crippen LogP contribution is 2.27. The predicted octanol–water partition coefficient (Wildman–Crippen LogP) is 3.65. The first-order valence-electron chi connectivity index (χ1n) is 6.24. The summed E-state index contributed by atoms with van der Waals surface area (Å²) >= 11 is 5.76. The Hall–Kier alpha value is -2.40. The smallest absolute Gasteiger partial charge is 0.336 e. The zero-order valence-electron chi connectivity index (χ0n) is 11.4. The van der Waals surface area contributed by atoms with E-state index < -0.39 is 5.63 Å². The number of hydrogen-bond acceptors (Lipinski definition) is 5. The van der Waals surface area contributed by atoms with Crippen molar-refractivity contribution in [1.29, 1.82) is 0 Å². The molecular formula is C15H11ClN2O3. The second kappa shape index (κ2) is 5.18. The minimum Gasteiger partial charge on any atom is -0.438 e. The summed E-state index contributed by atoms with van der Waals surface area (Å²) in [5.74, 6) is 0.874. The Labute approximate surface area is 125 Å². The average molecular weight is 303 g/mol. The van der Waals surface area contributed by atoms with E-state index in [0.29, 0.717) is 17.2 Å². The highest BCUT2D eigenvalue weighted by Gasteiger charge is 2.08. The fourth-order valence-electron chi connectivity index (χ4n) is 1.99. The summed E-state index contributed by atoms with van der Waals surface area (Å²) in [4.78, 5) is 19.3. The number of aryl methyl sites for hydroxylation is 2. The van der Waals surface area contributed by atoms with Crippen LogP contribution < -0.4 is 10.4 Å². The lowest BCUT2D eigenvalue weighted by Crippen LogP contribution is -1.98. The molecule has 5 nitrogen and oxygen atoms in total. The van der Waals surface area contributed by atoms with Crippen LogP contribution in [0, 0.1) is 13.8 Å². The number of nitrogens with zero attached hydrogens (tertiary/aromatic N) is 2. The first kappa shape index (κ1) is 13.6. The largest absolute Gasteiger partial charge is 0.438 e. The highest BCUT2D eigenvalue weighted by atomic mass is 35.5. The van der Waals surface area contributed by atoms with E-state index in [2.05, 4.69) is 9.97 Å². The summed E-state index contributed by atoms with van der Waals surface area (Å²) in [5.41, 5.74) is 1.69. The summed E-state index contributed by atoms with van der Waals surface area (Å²) < 4.78 is 10.9. The quantitative estimate of drug-likeness (QED) is 0.534. The summed E-state index contributed by atoms with van der Waals surface area (Å²) in [6.45, 7) is 3.67. The van der Waals surface area contributed by atoms with Gasteiger partial charge in [-0.2, -0.15) is 4.98 Å². The second-order valence-corrected chi connectivity index (χ2v) is 4.97. The minimum atomic E-state index is -0.390. The molecule has 0 unspecified atom stereocenters. The molecular weight excluding hydrogens is 292 g/mol. The molecule has 0 saturated carbocycles. The summed E-state index contributed by atoms with van der Waals surface area (Å²) in [6, 6.07) is 6.72. The molecule has 3 rings (SSSR count). The van der Waals surface area contributed by atoms with Gasteiger partial charge in [-0.05, 0) is 43.1 Å². The Kier molecular flexibility index (Phi) is 3.35. The fraction of sp³-hybridized carbons (Fsp3) is 0.133. The van der Waals surface area contributed by atoms with Crippen LogP contribution in [0.15, 0.2) is 39.7 Å². The molecule has 3 aromatic rings. The van der Waals surface area contributed by atoms with Crippen molar-refractivity contribution in [3.63, 3.8) is 0 Å². The molecule has 0 N–H and O–H groups in total. The zero-order valence-corrected chi connectivity index (χ0v) is 12.1. The van der Waals surface area contributed by atoms with E-state index in [1.807, 2.05) is 19.9 Å². The number of fused-ring (bicyclic) bond motifs is 1. The number of halogens is 1. The highest BCUT2D eigenvalue weighted by molar-refractivity contribution is 6.28. The molecule has 1 aromatic carbocycles. The van der Waals surface area contributed by atoms with Crippen molar-refractivity contribution in [3.05, 3.63) is 57.3 Å². The lowest BCUT2D eigenvalue weighted by atomic mass is 10.1. The van der Waals surface area contributed by atoms with Gasteiger partial charge in [0.2, 0.25) is 11.2 Å². The average Bonchev–Trinajstić information content (AvgIpc) is 2.42. The van der Waals surface area contributed by atoms with E-state index in [4.69, 9.17) is 20.8 Å². The molecule has 0 aliphatic rings. The van der Waals surface area contributed by atoms with Crippen LogP contribution >= 0.6 is 11.6 Å². The maximum Gasteiger partial charge on any atom is 0.336 e. The predicted molar refractivity (Wildman–Crippen MR) is 79.1 cm³/mol. The molecule has 0 atom stereocenters. The van der Waals surface area contributed by atoms with Crippen LogP contribution in [-0.4, -0.2) is 9.97 Å². The SMILES string of the molecule is Cc1cnc(Cl)nc1Oc1ccc2c(C)cc(=O)oc2c1. The van der Waals surface area contributed by atoms with Crippen LogP contribution in [0.1, 0.15) is 11.1 Å². The van der Waals surface area contributed by atoms with Gasteiger partial charge in [0, 0.05) is 29.3 Å². The first-order chi connectivity index (χ1) is 10.0. The molecule has 0 aliphatic heterocycles. The van der Waals surface area contributed by atoms with E-state index in [0.717, 1.165) is 16.5 Å². The molecule has 0 fully saturated rings. The molecule has 0 saturated heterocycles. The summed E-state index contributed by atoms with van der Waals surface area (Å²) in [5, 5.41) is 0.971. The van der Waals surface area contributed by atoms with Gasteiger partial charge in [0.25, 0.3) is 0 Å². The van der Waals surface area contributed by atoms with Gasteiger partial charge in [-0.1, -0.05) is 0 Å². The lowest BCUT2D eigenvalue weighted by molar-refractivity contribution is 0.456. The molecule has 2 aromatic heterocycles. The molecule has 21 heavy (non-hydrogen) atoms. The van der Waals surface area contributed by atoms with Gasteiger partial charge in [0.05, 0.1) is 0 Å². The minimum absolute atomic E-state index is 0.110. The monoisotopic (exact) mass is 302 g/mol. The van der Waals surface area contributed by atoms with Gasteiger partial charge < -0.3 is 9.15 Å². The summed E-state index contributed by atoms with van der Waals surface area (Å²) in [7, 11) is 0. The number of benzene rings is 1.